The van der Waals surface area contributed by atoms with Crippen LogP contribution in [0.25, 0.3) is 0 Å². The normalized spacial score (nSPS) is 12.0. The van der Waals surface area contributed by atoms with Crippen molar-refractivity contribution in [1.29, 1.82) is 0 Å². The lowest BCUT2D eigenvalue weighted by atomic mass is 10.1. The quantitative estimate of drug-likeness (QED) is 0.573. The predicted molar refractivity (Wildman–Crippen MR) is 103 cm³/mol. The molecule has 2 rings (SSSR count). The van der Waals surface area contributed by atoms with Crippen LogP contribution in [0.2, 0.25) is 5.02 Å². The van der Waals surface area contributed by atoms with Gasteiger partial charge in [0.25, 0.3) is 0 Å². The van der Waals surface area contributed by atoms with Crippen molar-refractivity contribution >= 4 is 27.4 Å². The summed E-state index contributed by atoms with van der Waals surface area (Å²) in [5.41, 5.74) is 1.05. The van der Waals surface area contributed by atoms with Gasteiger partial charge in [0.15, 0.2) is 15.8 Å². The van der Waals surface area contributed by atoms with Gasteiger partial charge in [0.1, 0.15) is 0 Å². The van der Waals surface area contributed by atoms with Gasteiger partial charge in [-0.1, -0.05) is 48.0 Å². The van der Waals surface area contributed by atoms with Crippen LogP contribution in [0.15, 0.2) is 64.5 Å². The minimum Gasteiger partial charge on any atom is -0.356 e. The highest BCUT2D eigenvalue weighted by Gasteiger charge is 2.13. The van der Waals surface area contributed by atoms with Crippen molar-refractivity contribution in [2.75, 3.05) is 25.9 Å². The van der Waals surface area contributed by atoms with Gasteiger partial charge < -0.3 is 10.6 Å². The summed E-state index contributed by atoms with van der Waals surface area (Å²) in [6.45, 7) is 0.928. The van der Waals surface area contributed by atoms with E-state index in [-0.39, 0.29) is 12.3 Å². The molecule has 0 unspecified atom stereocenters. The van der Waals surface area contributed by atoms with Gasteiger partial charge in [-0.3, -0.25) is 4.99 Å². The SMILES string of the molecule is CN=C(NCCc1ccccc1Cl)NCCS(=O)(=O)c1ccccc1. The number of aliphatic imine (C=N–C) groups is 1. The fraction of sp³-hybridized carbons (Fsp3) is 0.278. The minimum absolute atomic E-state index is 0.00221. The molecule has 2 N–H and O–H groups in total. The maximum atomic E-state index is 12.2. The third-order valence-electron chi connectivity index (χ3n) is 3.63. The molecule has 0 aliphatic heterocycles. The molecule has 0 saturated heterocycles. The average Bonchev–Trinajstić information content (AvgIpc) is 2.62. The molecule has 0 bridgehead atoms. The van der Waals surface area contributed by atoms with Crippen LogP contribution in [0, 0.1) is 0 Å². The Morgan fingerprint density at radius 1 is 1.00 bits per heavy atom. The molecule has 0 aliphatic carbocycles. The van der Waals surface area contributed by atoms with Crippen molar-refractivity contribution in [1.82, 2.24) is 10.6 Å². The molecule has 25 heavy (non-hydrogen) atoms. The van der Waals surface area contributed by atoms with E-state index in [1.807, 2.05) is 24.3 Å². The van der Waals surface area contributed by atoms with Crippen LogP contribution in [-0.4, -0.2) is 40.3 Å². The summed E-state index contributed by atoms with van der Waals surface area (Å²) in [7, 11) is -1.65. The number of hydrogen-bond donors (Lipinski definition) is 2. The van der Waals surface area contributed by atoms with Crippen LogP contribution < -0.4 is 10.6 Å². The molecular formula is C18H22ClN3O2S. The molecule has 134 valence electrons. The number of hydrogen-bond acceptors (Lipinski definition) is 3. The molecule has 0 amide bonds. The Bertz CT molecular complexity index is 808. The van der Waals surface area contributed by atoms with Crippen molar-refractivity contribution < 1.29 is 8.42 Å². The molecule has 7 heteroatoms. The van der Waals surface area contributed by atoms with Crippen LogP contribution in [0.3, 0.4) is 0 Å². The van der Waals surface area contributed by atoms with E-state index in [2.05, 4.69) is 15.6 Å². The van der Waals surface area contributed by atoms with Crippen molar-refractivity contribution in [2.45, 2.75) is 11.3 Å². The van der Waals surface area contributed by atoms with E-state index in [0.29, 0.717) is 17.4 Å². The Morgan fingerprint density at radius 3 is 2.32 bits per heavy atom. The monoisotopic (exact) mass is 379 g/mol. The third-order valence-corrected chi connectivity index (χ3v) is 5.73. The maximum absolute atomic E-state index is 12.2. The van der Waals surface area contributed by atoms with E-state index in [4.69, 9.17) is 11.6 Å². The Hall–Kier alpha value is -2.05. The summed E-state index contributed by atoms with van der Waals surface area (Å²) in [5.74, 6) is 0.567. The summed E-state index contributed by atoms with van der Waals surface area (Å²) in [6, 6.07) is 16.1. The standard InChI is InChI=1S/C18H22ClN3O2S/c1-20-18(21-12-11-15-7-5-6-10-17(15)19)22-13-14-25(23,24)16-8-3-2-4-9-16/h2-10H,11-14H2,1H3,(H2,20,21,22). The van der Waals surface area contributed by atoms with Gasteiger partial charge in [0.2, 0.25) is 0 Å². The van der Waals surface area contributed by atoms with Crippen molar-refractivity contribution in [3.8, 4) is 0 Å². The molecule has 2 aromatic carbocycles. The topological polar surface area (TPSA) is 70.6 Å². The lowest BCUT2D eigenvalue weighted by molar-refractivity contribution is 0.594. The first-order chi connectivity index (χ1) is 12.0. The smallest absolute Gasteiger partial charge is 0.191 e. The molecule has 0 saturated carbocycles. The van der Waals surface area contributed by atoms with Gasteiger partial charge in [-0.2, -0.15) is 0 Å². The summed E-state index contributed by atoms with van der Waals surface area (Å²) >= 11 is 6.13. The number of nitrogens with zero attached hydrogens (tertiary/aromatic N) is 1. The molecule has 0 atom stereocenters. The first-order valence-corrected chi connectivity index (χ1v) is 10.0. The summed E-state index contributed by atoms with van der Waals surface area (Å²) in [4.78, 5) is 4.43. The third kappa shape index (κ3) is 6.07. The van der Waals surface area contributed by atoms with E-state index in [9.17, 15) is 8.42 Å². The molecule has 0 radical (unpaired) electrons. The number of sulfone groups is 1. The maximum Gasteiger partial charge on any atom is 0.191 e. The predicted octanol–water partition coefficient (Wildman–Crippen LogP) is 2.52. The lowest BCUT2D eigenvalue weighted by Crippen LogP contribution is -2.40. The number of halogens is 1. The van der Waals surface area contributed by atoms with Crippen LogP contribution in [0.5, 0.6) is 0 Å². The molecule has 0 aliphatic rings. The average molecular weight is 380 g/mol. The van der Waals surface area contributed by atoms with Crippen molar-refractivity contribution in [2.24, 2.45) is 4.99 Å². The van der Waals surface area contributed by atoms with Gasteiger partial charge in [-0.15, -0.1) is 0 Å². The van der Waals surface area contributed by atoms with Crippen molar-refractivity contribution in [3.63, 3.8) is 0 Å². The fourth-order valence-corrected chi connectivity index (χ4v) is 3.70. The van der Waals surface area contributed by atoms with E-state index in [1.165, 1.54) is 0 Å². The highest BCUT2D eigenvalue weighted by molar-refractivity contribution is 7.91. The lowest BCUT2D eigenvalue weighted by Gasteiger charge is -2.12. The first-order valence-electron chi connectivity index (χ1n) is 7.98. The van der Waals surface area contributed by atoms with Crippen LogP contribution >= 0.6 is 11.6 Å². The molecule has 0 fully saturated rings. The zero-order chi connectivity index (χ0) is 18.1. The van der Waals surface area contributed by atoms with E-state index >= 15 is 0 Å². The zero-order valence-corrected chi connectivity index (χ0v) is 15.6. The molecule has 2 aromatic rings. The molecule has 0 heterocycles. The Balaban J connectivity index is 1.78. The van der Waals surface area contributed by atoms with Gasteiger partial charge in [0.05, 0.1) is 10.6 Å². The Morgan fingerprint density at radius 2 is 1.64 bits per heavy atom. The number of benzene rings is 2. The molecule has 0 aromatic heterocycles. The van der Waals surface area contributed by atoms with Crippen LogP contribution in [0.1, 0.15) is 5.56 Å². The van der Waals surface area contributed by atoms with E-state index in [1.54, 1.807) is 37.4 Å². The second-order valence-electron chi connectivity index (χ2n) is 5.40. The van der Waals surface area contributed by atoms with Gasteiger partial charge in [-0.25, -0.2) is 8.42 Å². The van der Waals surface area contributed by atoms with E-state index < -0.39 is 9.84 Å². The Kier molecular flexibility index (Phi) is 7.28. The second-order valence-corrected chi connectivity index (χ2v) is 7.92. The Labute approximate surface area is 154 Å². The van der Waals surface area contributed by atoms with Gasteiger partial charge in [-0.05, 0) is 30.2 Å². The molecule has 5 nitrogen and oxygen atoms in total. The largest absolute Gasteiger partial charge is 0.356 e. The fourth-order valence-electron chi connectivity index (χ4n) is 2.29. The molecule has 0 spiro atoms. The minimum atomic E-state index is -3.30. The van der Waals surface area contributed by atoms with Crippen LogP contribution in [0.4, 0.5) is 0 Å². The highest BCUT2D eigenvalue weighted by Crippen LogP contribution is 2.14. The highest BCUT2D eigenvalue weighted by atomic mass is 35.5. The zero-order valence-electron chi connectivity index (χ0n) is 14.1. The number of nitrogens with one attached hydrogen (secondary N) is 2. The number of rotatable bonds is 7. The summed E-state index contributed by atoms with van der Waals surface area (Å²) in [5, 5.41) is 6.92. The van der Waals surface area contributed by atoms with Gasteiger partial charge >= 0.3 is 0 Å². The van der Waals surface area contributed by atoms with E-state index in [0.717, 1.165) is 17.0 Å². The first kappa shape index (κ1) is 19.3. The number of guanidine groups is 1. The molecular weight excluding hydrogens is 358 g/mol. The van der Waals surface area contributed by atoms with Crippen LogP contribution in [-0.2, 0) is 16.3 Å². The summed E-state index contributed by atoms with van der Waals surface area (Å²) in [6.07, 6.45) is 0.753. The second kappa shape index (κ2) is 9.44. The van der Waals surface area contributed by atoms with Gasteiger partial charge in [0, 0.05) is 25.2 Å². The summed E-state index contributed by atoms with van der Waals surface area (Å²) < 4.78 is 24.4. The van der Waals surface area contributed by atoms with Crippen molar-refractivity contribution in [3.05, 3.63) is 65.2 Å².